The summed E-state index contributed by atoms with van der Waals surface area (Å²) in [5.74, 6) is -0.428. The van der Waals surface area contributed by atoms with Crippen LogP contribution in [0.1, 0.15) is 25.2 Å². The highest BCUT2D eigenvalue weighted by Crippen LogP contribution is 2.28. The third kappa shape index (κ3) is 1.63. The lowest BCUT2D eigenvalue weighted by Crippen LogP contribution is -2.46. The number of carboxylic acids is 1. The molecular formula is C9H14N2O3. The molecule has 1 heterocycles. The van der Waals surface area contributed by atoms with E-state index in [0.29, 0.717) is 5.76 Å². The zero-order valence-corrected chi connectivity index (χ0v) is 8.44. The lowest BCUT2D eigenvalue weighted by molar-refractivity contribution is -0.140. The van der Waals surface area contributed by atoms with Crippen molar-refractivity contribution in [3.63, 3.8) is 0 Å². The number of nitrogens with zero attached hydrogens (tertiary/aromatic N) is 1. The van der Waals surface area contributed by atoms with Gasteiger partial charge in [0.15, 0.2) is 0 Å². The Kier molecular flexibility index (Phi) is 2.62. The number of carboxylic acid groups (broad SMARTS) is 1. The second kappa shape index (κ2) is 3.42. The van der Waals surface area contributed by atoms with Crippen LogP contribution in [0, 0.1) is 6.92 Å². The largest absolute Gasteiger partial charge is 0.480 e. The number of rotatable bonds is 3. The van der Waals surface area contributed by atoms with Gasteiger partial charge in [-0.25, -0.2) is 0 Å². The third-order valence-electron chi connectivity index (χ3n) is 2.49. The second-order valence-electron chi connectivity index (χ2n) is 3.83. The van der Waals surface area contributed by atoms with E-state index in [9.17, 15) is 4.79 Å². The van der Waals surface area contributed by atoms with Crippen LogP contribution >= 0.6 is 0 Å². The topological polar surface area (TPSA) is 89.4 Å². The summed E-state index contributed by atoms with van der Waals surface area (Å²) in [7, 11) is 0. The number of nitrogens with two attached hydrogens (primary N) is 1. The summed E-state index contributed by atoms with van der Waals surface area (Å²) in [5, 5.41) is 12.4. The van der Waals surface area contributed by atoms with E-state index in [0.717, 1.165) is 5.56 Å². The molecule has 0 spiro atoms. The van der Waals surface area contributed by atoms with Crippen molar-refractivity contribution in [2.45, 2.75) is 32.2 Å². The van der Waals surface area contributed by atoms with E-state index in [1.54, 1.807) is 20.8 Å². The van der Waals surface area contributed by atoms with Crippen molar-refractivity contribution >= 4 is 5.97 Å². The van der Waals surface area contributed by atoms with Crippen molar-refractivity contribution in [3.05, 3.63) is 17.5 Å². The minimum atomic E-state index is -1.03. The first-order chi connectivity index (χ1) is 6.37. The Labute approximate surface area is 81.9 Å². The van der Waals surface area contributed by atoms with Crippen LogP contribution < -0.4 is 5.73 Å². The Hall–Kier alpha value is -1.36. The van der Waals surface area contributed by atoms with Crippen LogP contribution in [0.4, 0.5) is 0 Å². The summed E-state index contributed by atoms with van der Waals surface area (Å²) in [6.07, 6.45) is 1.51. The van der Waals surface area contributed by atoms with E-state index >= 15 is 0 Å². The molecule has 0 radical (unpaired) electrons. The Morgan fingerprint density at radius 2 is 2.29 bits per heavy atom. The summed E-state index contributed by atoms with van der Waals surface area (Å²) in [6.45, 7) is 5.25. The van der Waals surface area contributed by atoms with Gasteiger partial charge in [-0.3, -0.25) is 4.79 Å². The third-order valence-corrected chi connectivity index (χ3v) is 2.49. The van der Waals surface area contributed by atoms with Gasteiger partial charge < -0.3 is 15.4 Å². The molecule has 1 atom stereocenters. The van der Waals surface area contributed by atoms with Gasteiger partial charge in [-0.1, -0.05) is 19.0 Å². The average Bonchev–Trinajstić information content (AvgIpc) is 2.50. The Balaban J connectivity index is 3.07. The van der Waals surface area contributed by atoms with Gasteiger partial charge in [-0.05, 0) is 6.92 Å². The van der Waals surface area contributed by atoms with Crippen LogP contribution in [-0.4, -0.2) is 22.3 Å². The first kappa shape index (κ1) is 10.7. The molecule has 1 rings (SSSR count). The smallest absolute Gasteiger partial charge is 0.321 e. The molecule has 0 saturated heterocycles. The number of aryl methyl sites for hydroxylation is 1. The van der Waals surface area contributed by atoms with Gasteiger partial charge in [0, 0.05) is 11.0 Å². The molecule has 0 amide bonds. The van der Waals surface area contributed by atoms with Crippen LogP contribution in [0.15, 0.2) is 10.7 Å². The van der Waals surface area contributed by atoms with Gasteiger partial charge >= 0.3 is 5.97 Å². The lowest BCUT2D eigenvalue weighted by Gasteiger charge is -2.27. The van der Waals surface area contributed by atoms with Crippen molar-refractivity contribution in [1.82, 2.24) is 5.16 Å². The highest BCUT2D eigenvalue weighted by atomic mass is 16.5. The van der Waals surface area contributed by atoms with Crippen molar-refractivity contribution in [1.29, 1.82) is 0 Å². The van der Waals surface area contributed by atoms with Crippen LogP contribution in [-0.2, 0) is 10.2 Å². The van der Waals surface area contributed by atoms with E-state index in [4.69, 9.17) is 15.4 Å². The zero-order valence-electron chi connectivity index (χ0n) is 8.44. The molecule has 0 fully saturated rings. The molecule has 5 nitrogen and oxygen atoms in total. The van der Waals surface area contributed by atoms with E-state index in [-0.39, 0.29) is 0 Å². The van der Waals surface area contributed by atoms with Gasteiger partial charge in [-0.15, -0.1) is 0 Å². The highest BCUT2D eigenvalue weighted by Gasteiger charge is 2.36. The minimum Gasteiger partial charge on any atom is -0.480 e. The molecule has 1 aromatic heterocycles. The Morgan fingerprint density at radius 3 is 2.64 bits per heavy atom. The summed E-state index contributed by atoms with van der Waals surface area (Å²) in [5.41, 5.74) is 5.63. The van der Waals surface area contributed by atoms with Crippen molar-refractivity contribution in [2.24, 2.45) is 5.73 Å². The van der Waals surface area contributed by atoms with Gasteiger partial charge in [0.2, 0.25) is 0 Å². The van der Waals surface area contributed by atoms with Crippen LogP contribution in [0.3, 0.4) is 0 Å². The first-order valence-corrected chi connectivity index (χ1v) is 4.27. The minimum absolute atomic E-state index is 0.603. The fraction of sp³-hybridized carbons (Fsp3) is 0.556. The Morgan fingerprint density at radius 1 is 1.71 bits per heavy atom. The molecule has 0 bridgehead atoms. The Bertz CT molecular complexity index is 344. The molecular weight excluding hydrogens is 184 g/mol. The van der Waals surface area contributed by atoms with E-state index in [2.05, 4.69) is 5.16 Å². The monoisotopic (exact) mass is 198 g/mol. The normalized spacial score (nSPS) is 14.0. The maximum absolute atomic E-state index is 10.8. The molecule has 0 aliphatic rings. The van der Waals surface area contributed by atoms with Gasteiger partial charge in [0.1, 0.15) is 11.8 Å². The van der Waals surface area contributed by atoms with Crippen LogP contribution in [0.25, 0.3) is 0 Å². The van der Waals surface area contributed by atoms with Crippen LogP contribution in [0.2, 0.25) is 0 Å². The fourth-order valence-corrected chi connectivity index (χ4v) is 1.39. The van der Waals surface area contributed by atoms with Crippen LogP contribution in [0.5, 0.6) is 0 Å². The molecule has 5 heteroatoms. The summed E-state index contributed by atoms with van der Waals surface area (Å²) in [6, 6.07) is -0.972. The fourth-order valence-electron chi connectivity index (χ4n) is 1.39. The van der Waals surface area contributed by atoms with Crippen molar-refractivity contribution in [3.8, 4) is 0 Å². The molecule has 0 aromatic carbocycles. The summed E-state index contributed by atoms with van der Waals surface area (Å²) in [4.78, 5) is 10.8. The summed E-state index contributed by atoms with van der Waals surface area (Å²) >= 11 is 0. The van der Waals surface area contributed by atoms with E-state index in [1.165, 1.54) is 6.20 Å². The van der Waals surface area contributed by atoms with Gasteiger partial charge in [0.25, 0.3) is 0 Å². The molecule has 3 N–H and O–H groups in total. The second-order valence-corrected chi connectivity index (χ2v) is 3.83. The predicted molar refractivity (Wildman–Crippen MR) is 49.9 cm³/mol. The van der Waals surface area contributed by atoms with Gasteiger partial charge in [-0.2, -0.15) is 0 Å². The zero-order chi connectivity index (χ0) is 10.9. The maximum Gasteiger partial charge on any atom is 0.321 e. The molecule has 78 valence electrons. The molecule has 14 heavy (non-hydrogen) atoms. The molecule has 0 saturated carbocycles. The first-order valence-electron chi connectivity index (χ1n) is 4.27. The van der Waals surface area contributed by atoms with Crippen molar-refractivity contribution < 1.29 is 14.4 Å². The average molecular weight is 198 g/mol. The van der Waals surface area contributed by atoms with Crippen molar-refractivity contribution in [2.75, 3.05) is 0 Å². The molecule has 0 aliphatic heterocycles. The molecule has 1 aromatic rings. The highest BCUT2D eigenvalue weighted by molar-refractivity contribution is 5.75. The quantitative estimate of drug-likeness (QED) is 0.745. The number of aliphatic carboxylic acids is 1. The van der Waals surface area contributed by atoms with E-state index in [1.807, 2.05) is 0 Å². The number of aromatic nitrogens is 1. The summed E-state index contributed by atoms with van der Waals surface area (Å²) < 4.78 is 4.88. The van der Waals surface area contributed by atoms with E-state index < -0.39 is 17.4 Å². The molecule has 1 unspecified atom stereocenters. The van der Waals surface area contributed by atoms with Gasteiger partial charge in [0.05, 0.1) is 6.20 Å². The lowest BCUT2D eigenvalue weighted by atomic mass is 9.78. The molecule has 0 aliphatic carbocycles. The number of hydrogen-bond acceptors (Lipinski definition) is 4. The standard InChI is InChI=1S/C9H14N2O3/c1-5-6(4-11-14-5)9(2,3)7(10)8(12)13/h4,7H,10H2,1-3H3,(H,12,13). The number of hydrogen-bond donors (Lipinski definition) is 2. The number of carbonyl (C=O) groups is 1. The SMILES string of the molecule is Cc1oncc1C(C)(C)C(N)C(=O)O. The maximum atomic E-state index is 10.8. The predicted octanol–water partition coefficient (Wildman–Crippen LogP) is 0.673.